The first-order valence-corrected chi connectivity index (χ1v) is 8.25. The highest BCUT2D eigenvalue weighted by molar-refractivity contribution is 5.88. The number of carbonyl (C=O) groups excluding carboxylic acids is 1. The van der Waals surface area contributed by atoms with Crippen molar-refractivity contribution in [1.82, 2.24) is 4.98 Å². The van der Waals surface area contributed by atoms with Crippen LogP contribution in [0.25, 0.3) is 23.1 Å². The van der Waals surface area contributed by atoms with E-state index >= 15 is 0 Å². The van der Waals surface area contributed by atoms with Gasteiger partial charge in [-0.25, -0.2) is 9.37 Å². The molecule has 0 saturated carbocycles. The van der Waals surface area contributed by atoms with Crippen molar-refractivity contribution >= 4 is 29.0 Å². The van der Waals surface area contributed by atoms with E-state index in [-0.39, 0.29) is 5.82 Å². The monoisotopic (exact) mass is 351 g/mol. The number of fused-ring (bicyclic) bond motifs is 1. The maximum atomic E-state index is 14.1. The highest BCUT2D eigenvalue weighted by atomic mass is 19.1. The molecule has 0 unspecified atom stereocenters. The van der Waals surface area contributed by atoms with Crippen molar-refractivity contribution < 1.29 is 18.7 Å². The molecule has 132 valence electrons. The Bertz CT molecular complexity index is 982. The Balaban J connectivity index is 1.91. The standard InChI is InChI=1S/C21H18FNO3/c1-3-25-18-12-9-15(19(22)13-18)7-10-17-11-8-16-5-4-6-20(21(16)23-17)26-14(2)24/h4-13H,3H2,1-2H3/b10-7+. The van der Waals surface area contributed by atoms with Gasteiger partial charge >= 0.3 is 5.97 Å². The third-order valence-corrected chi connectivity index (χ3v) is 3.68. The Hall–Kier alpha value is -3.21. The molecule has 0 saturated heterocycles. The van der Waals surface area contributed by atoms with Crippen molar-refractivity contribution in [2.75, 3.05) is 6.61 Å². The maximum absolute atomic E-state index is 14.1. The van der Waals surface area contributed by atoms with Crippen LogP contribution in [0.15, 0.2) is 48.5 Å². The molecule has 0 radical (unpaired) electrons. The number of benzene rings is 2. The number of hydrogen-bond acceptors (Lipinski definition) is 4. The Labute approximate surface area is 150 Å². The Morgan fingerprint density at radius 1 is 1.15 bits per heavy atom. The number of ether oxygens (including phenoxy) is 2. The summed E-state index contributed by atoms with van der Waals surface area (Å²) in [5.41, 5.74) is 1.64. The number of rotatable bonds is 5. The van der Waals surface area contributed by atoms with Gasteiger partial charge in [0.2, 0.25) is 0 Å². The average molecular weight is 351 g/mol. The van der Waals surface area contributed by atoms with Gasteiger partial charge in [-0.05, 0) is 43.3 Å². The number of pyridine rings is 1. The van der Waals surface area contributed by atoms with Crippen LogP contribution in [0.3, 0.4) is 0 Å². The van der Waals surface area contributed by atoms with Crippen LogP contribution in [0.2, 0.25) is 0 Å². The molecule has 0 spiro atoms. The maximum Gasteiger partial charge on any atom is 0.308 e. The van der Waals surface area contributed by atoms with Crippen molar-refractivity contribution in [3.63, 3.8) is 0 Å². The number of nitrogens with zero attached hydrogens (tertiary/aromatic N) is 1. The molecule has 2 aromatic carbocycles. The van der Waals surface area contributed by atoms with E-state index in [0.29, 0.717) is 34.9 Å². The van der Waals surface area contributed by atoms with Crippen LogP contribution < -0.4 is 9.47 Å². The SMILES string of the molecule is CCOc1ccc(/C=C/c2ccc3cccc(OC(C)=O)c3n2)c(F)c1. The number of halogens is 1. The predicted molar refractivity (Wildman–Crippen MR) is 99.5 cm³/mol. The molecule has 5 heteroatoms. The van der Waals surface area contributed by atoms with Crippen molar-refractivity contribution in [2.24, 2.45) is 0 Å². The molecule has 0 aliphatic rings. The van der Waals surface area contributed by atoms with E-state index in [2.05, 4.69) is 4.98 Å². The van der Waals surface area contributed by atoms with Crippen LogP contribution in [-0.4, -0.2) is 17.6 Å². The van der Waals surface area contributed by atoms with Gasteiger partial charge < -0.3 is 9.47 Å². The van der Waals surface area contributed by atoms with Crippen LogP contribution in [0, 0.1) is 5.82 Å². The number of aromatic nitrogens is 1. The molecule has 1 aromatic heterocycles. The van der Waals surface area contributed by atoms with Crippen LogP contribution in [0.1, 0.15) is 25.1 Å². The van der Waals surface area contributed by atoms with Gasteiger partial charge in [0.15, 0.2) is 5.75 Å². The fraction of sp³-hybridized carbons (Fsp3) is 0.143. The van der Waals surface area contributed by atoms with Crippen LogP contribution in [-0.2, 0) is 4.79 Å². The second-order valence-electron chi connectivity index (χ2n) is 5.61. The molecule has 0 amide bonds. The molecule has 0 aliphatic carbocycles. The summed E-state index contributed by atoms with van der Waals surface area (Å²) in [7, 11) is 0. The van der Waals surface area contributed by atoms with Gasteiger partial charge in [0.1, 0.15) is 17.1 Å². The van der Waals surface area contributed by atoms with Gasteiger partial charge in [-0.15, -0.1) is 0 Å². The quantitative estimate of drug-likeness (QED) is 0.486. The van der Waals surface area contributed by atoms with Crippen molar-refractivity contribution in [1.29, 1.82) is 0 Å². The summed E-state index contributed by atoms with van der Waals surface area (Å²) >= 11 is 0. The van der Waals surface area contributed by atoms with Gasteiger partial charge in [0.25, 0.3) is 0 Å². The fourth-order valence-corrected chi connectivity index (χ4v) is 2.54. The molecule has 4 nitrogen and oxygen atoms in total. The molecule has 1 heterocycles. The fourth-order valence-electron chi connectivity index (χ4n) is 2.54. The van der Waals surface area contributed by atoms with E-state index in [0.717, 1.165) is 5.39 Å². The first-order chi connectivity index (χ1) is 12.6. The van der Waals surface area contributed by atoms with Gasteiger partial charge in [-0.3, -0.25) is 4.79 Å². The summed E-state index contributed by atoms with van der Waals surface area (Å²) in [6, 6.07) is 13.8. The Morgan fingerprint density at radius 2 is 2.00 bits per heavy atom. The van der Waals surface area contributed by atoms with Crippen molar-refractivity contribution in [3.8, 4) is 11.5 Å². The molecule has 0 atom stereocenters. The molecule has 3 aromatic rings. The molecular formula is C21H18FNO3. The van der Waals surface area contributed by atoms with Gasteiger partial charge in [-0.2, -0.15) is 0 Å². The highest BCUT2D eigenvalue weighted by Crippen LogP contribution is 2.25. The second kappa shape index (κ2) is 7.78. The highest BCUT2D eigenvalue weighted by Gasteiger charge is 2.07. The summed E-state index contributed by atoms with van der Waals surface area (Å²) in [5, 5.41) is 0.855. The van der Waals surface area contributed by atoms with Crippen LogP contribution in [0.5, 0.6) is 11.5 Å². The van der Waals surface area contributed by atoms with Gasteiger partial charge in [-0.1, -0.05) is 18.2 Å². The zero-order valence-electron chi connectivity index (χ0n) is 14.5. The van der Waals surface area contributed by atoms with Gasteiger partial charge in [0, 0.05) is 23.9 Å². The third kappa shape index (κ3) is 4.06. The minimum absolute atomic E-state index is 0.367. The topological polar surface area (TPSA) is 48.4 Å². The number of para-hydroxylation sites is 1. The molecule has 0 bridgehead atoms. The third-order valence-electron chi connectivity index (χ3n) is 3.68. The molecule has 3 rings (SSSR count). The molecule has 0 N–H and O–H groups in total. The Morgan fingerprint density at radius 3 is 2.73 bits per heavy atom. The summed E-state index contributed by atoms with van der Waals surface area (Å²) in [6.45, 7) is 3.68. The first-order valence-electron chi connectivity index (χ1n) is 8.25. The zero-order valence-corrected chi connectivity index (χ0v) is 14.5. The van der Waals surface area contributed by atoms with E-state index < -0.39 is 5.97 Å². The number of esters is 1. The minimum atomic E-state index is -0.406. The van der Waals surface area contributed by atoms with Crippen molar-refractivity contribution in [2.45, 2.75) is 13.8 Å². The lowest BCUT2D eigenvalue weighted by Crippen LogP contribution is -2.02. The largest absolute Gasteiger partial charge is 0.494 e. The van der Waals surface area contributed by atoms with Crippen LogP contribution in [0.4, 0.5) is 4.39 Å². The second-order valence-corrected chi connectivity index (χ2v) is 5.61. The summed E-state index contributed by atoms with van der Waals surface area (Å²) in [5.74, 6) is 0.125. The summed E-state index contributed by atoms with van der Waals surface area (Å²) in [6.07, 6.45) is 3.36. The lowest BCUT2D eigenvalue weighted by atomic mass is 10.1. The predicted octanol–water partition coefficient (Wildman–Crippen LogP) is 4.87. The molecule has 26 heavy (non-hydrogen) atoms. The number of carbonyl (C=O) groups is 1. The van der Waals surface area contributed by atoms with E-state index in [4.69, 9.17) is 9.47 Å². The first kappa shape index (κ1) is 17.6. The Kier molecular flexibility index (Phi) is 5.27. The molecular weight excluding hydrogens is 333 g/mol. The summed E-state index contributed by atoms with van der Waals surface area (Å²) in [4.78, 5) is 15.8. The normalized spacial score (nSPS) is 11.0. The average Bonchev–Trinajstić information content (AvgIpc) is 2.61. The van der Waals surface area contributed by atoms with Gasteiger partial charge in [0.05, 0.1) is 12.3 Å². The summed E-state index contributed by atoms with van der Waals surface area (Å²) < 4.78 is 24.6. The smallest absolute Gasteiger partial charge is 0.308 e. The molecule has 0 fully saturated rings. The lowest BCUT2D eigenvalue weighted by Gasteiger charge is -2.06. The zero-order chi connectivity index (χ0) is 18.5. The van der Waals surface area contributed by atoms with E-state index in [1.54, 1.807) is 36.4 Å². The molecule has 0 aliphatic heterocycles. The van der Waals surface area contributed by atoms with E-state index in [1.165, 1.54) is 13.0 Å². The minimum Gasteiger partial charge on any atom is -0.494 e. The van der Waals surface area contributed by atoms with E-state index in [1.807, 2.05) is 25.1 Å². The van der Waals surface area contributed by atoms with Crippen molar-refractivity contribution in [3.05, 3.63) is 65.6 Å². The van der Waals surface area contributed by atoms with Crippen LogP contribution >= 0.6 is 0 Å². The number of hydrogen-bond donors (Lipinski definition) is 0. The lowest BCUT2D eigenvalue weighted by molar-refractivity contribution is -0.131. The van der Waals surface area contributed by atoms with E-state index in [9.17, 15) is 9.18 Å².